The van der Waals surface area contributed by atoms with E-state index in [2.05, 4.69) is 26.3 Å². The van der Waals surface area contributed by atoms with E-state index in [4.69, 9.17) is 0 Å². The summed E-state index contributed by atoms with van der Waals surface area (Å²) in [7, 11) is 0. The minimum atomic E-state index is -2.04. The van der Waals surface area contributed by atoms with Crippen LogP contribution in [0.5, 0.6) is 0 Å². The van der Waals surface area contributed by atoms with Crippen molar-refractivity contribution in [1.82, 2.24) is 0 Å². The SMILES string of the molecule is C=CCC(=C(O)[C@@H](O)[C@@H](O)[C@H](O)[C@@H](O)C(O)=C(CC=C)c1ccccc1CC=C)c1ccccc1CC=C. The first-order chi connectivity index (χ1) is 18.2. The third kappa shape index (κ3) is 7.21. The second-order valence-corrected chi connectivity index (χ2v) is 8.88. The summed E-state index contributed by atoms with van der Waals surface area (Å²) in [5.74, 6) is -1.16. The van der Waals surface area contributed by atoms with Crippen LogP contribution in [0.4, 0.5) is 0 Å². The lowest BCUT2D eigenvalue weighted by molar-refractivity contribution is -0.1000. The summed E-state index contributed by atoms with van der Waals surface area (Å²) in [6.07, 6.45) is -0.177. The van der Waals surface area contributed by atoms with Crippen LogP contribution in [0, 0.1) is 0 Å². The lowest BCUT2D eigenvalue weighted by Crippen LogP contribution is -2.46. The van der Waals surface area contributed by atoms with Gasteiger partial charge >= 0.3 is 0 Å². The van der Waals surface area contributed by atoms with E-state index in [0.717, 1.165) is 11.1 Å². The molecule has 0 unspecified atom stereocenters. The molecule has 0 aliphatic heterocycles. The van der Waals surface area contributed by atoms with Crippen molar-refractivity contribution in [3.8, 4) is 0 Å². The first kappa shape index (κ1) is 30.5. The fraction of sp³-hybridized carbons (Fsp3) is 0.250. The van der Waals surface area contributed by atoms with E-state index in [9.17, 15) is 30.6 Å². The normalized spacial score (nSPS) is 15.8. The standard InChI is InChI=1S/C32H38O6/c1-5-13-21-17-9-11-19-23(21)25(15-7-3)27(33)29(35)31(37)32(38)30(36)28(34)26(16-8-4)24-20-12-10-18-22(24)14-6-2/h5-12,17-20,29-38H,1-4,13-16H2/t29-,30+,31-,32-/m1/s1. The molecule has 6 N–H and O–H groups in total. The van der Waals surface area contributed by atoms with Gasteiger partial charge in [0.15, 0.2) is 0 Å². The van der Waals surface area contributed by atoms with Crippen molar-refractivity contribution in [3.05, 3.63) is 133 Å². The van der Waals surface area contributed by atoms with Gasteiger partial charge in [-0.2, -0.15) is 0 Å². The number of benzene rings is 2. The molecule has 2 aromatic rings. The van der Waals surface area contributed by atoms with Crippen LogP contribution in [0.2, 0.25) is 0 Å². The molecule has 0 aliphatic carbocycles. The van der Waals surface area contributed by atoms with Crippen LogP contribution in [0.3, 0.4) is 0 Å². The number of aliphatic hydroxyl groups excluding tert-OH is 6. The van der Waals surface area contributed by atoms with E-state index in [1.165, 1.54) is 12.2 Å². The summed E-state index contributed by atoms with van der Waals surface area (Å²) in [6, 6.07) is 14.4. The van der Waals surface area contributed by atoms with Crippen molar-refractivity contribution >= 4 is 11.1 Å². The Morgan fingerprint density at radius 1 is 0.579 bits per heavy atom. The molecule has 0 amide bonds. The minimum Gasteiger partial charge on any atom is -0.509 e. The number of aliphatic hydroxyl groups is 6. The van der Waals surface area contributed by atoms with E-state index < -0.39 is 35.9 Å². The molecular weight excluding hydrogens is 480 g/mol. The number of hydrogen-bond donors (Lipinski definition) is 6. The van der Waals surface area contributed by atoms with Gasteiger partial charge in [0, 0.05) is 11.1 Å². The average molecular weight is 519 g/mol. The highest BCUT2D eigenvalue weighted by molar-refractivity contribution is 5.73. The highest BCUT2D eigenvalue weighted by Crippen LogP contribution is 2.31. The summed E-state index contributed by atoms with van der Waals surface area (Å²) in [5.41, 5.74) is 3.52. The van der Waals surface area contributed by atoms with Crippen molar-refractivity contribution in [1.29, 1.82) is 0 Å². The maximum Gasteiger partial charge on any atom is 0.139 e. The monoisotopic (exact) mass is 518 g/mol. The second-order valence-electron chi connectivity index (χ2n) is 8.88. The van der Waals surface area contributed by atoms with Crippen LogP contribution in [-0.2, 0) is 12.8 Å². The summed E-state index contributed by atoms with van der Waals surface area (Å²) >= 11 is 0. The first-order valence-corrected chi connectivity index (χ1v) is 12.4. The molecule has 38 heavy (non-hydrogen) atoms. The molecule has 0 saturated carbocycles. The van der Waals surface area contributed by atoms with Gasteiger partial charge in [0.1, 0.15) is 35.9 Å². The van der Waals surface area contributed by atoms with Gasteiger partial charge in [0.2, 0.25) is 0 Å². The first-order valence-electron chi connectivity index (χ1n) is 12.4. The zero-order valence-electron chi connectivity index (χ0n) is 21.6. The Balaban J connectivity index is 2.48. The molecule has 6 heteroatoms. The van der Waals surface area contributed by atoms with Crippen molar-refractivity contribution in [2.75, 3.05) is 0 Å². The Bertz CT molecular complexity index is 1100. The molecule has 0 aliphatic rings. The molecule has 0 radical (unpaired) electrons. The minimum absolute atomic E-state index is 0.164. The molecule has 2 aromatic carbocycles. The maximum atomic E-state index is 11.0. The Labute approximate surface area is 224 Å². The summed E-state index contributed by atoms with van der Waals surface area (Å²) in [5, 5.41) is 65.1. The van der Waals surface area contributed by atoms with Gasteiger partial charge in [0.05, 0.1) is 0 Å². The molecule has 0 fully saturated rings. The fourth-order valence-electron chi connectivity index (χ4n) is 4.34. The molecule has 0 saturated heterocycles. The number of rotatable bonds is 15. The smallest absolute Gasteiger partial charge is 0.139 e. The summed E-state index contributed by atoms with van der Waals surface area (Å²) < 4.78 is 0. The molecule has 0 heterocycles. The molecule has 0 spiro atoms. The largest absolute Gasteiger partial charge is 0.509 e. The molecule has 0 aromatic heterocycles. The zero-order chi connectivity index (χ0) is 28.2. The maximum absolute atomic E-state index is 11.0. The van der Waals surface area contributed by atoms with E-state index in [1.807, 2.05) is 24.3 Å². The van der Waals surface area contributed by atoms with Crippen LogP contribution >= 0.6 is 0 Å². The van der Waals surface area contributed by atoms with Gasteiger partial charge in [0.25, 0.3) is 0 Å². The van der Waals surface area contributed by atoms with E-state index in [-0.39, 0.29) is 12.8 Å². The van der Waals surface area contributed by atoms with Gasteiger partial charge in [-0.3, -0.25) is 0 Å². The molecule has 4 atom stereocenters. The predicted molar refractivity (Wildman–Crippen MR) is 153 cm³/mol. The van der Waals surface area contributed by atoms with E-state index >= 15 is 0 Å². The van der Waals surface area contributed by atoms with Crippen LogP contribution in [0.25, 0.3) is 11.1 Å². The Morgan fingerprint density at radius 2 is 0.921 bits per heavy atom. The highest BCUT2D eigenvalue weighted by atomic mass is 16.4. The Kier molecular flexibility index (Phi) is 12.0. The topological polar surface area (TPSA) is 121 Å². The predicted octanol–water partition coefficient (Wildman–Crippen LogP) is 4.98. The van der Waals surface area contributed by atoms with Gasteiger partial charge in [-0.05, 0) is 47.9 Å². The van der Waals surface area contributed by atoms with E-state index in [1.54, 1.807) is 36.4 Å². The molecule has 202 valence electrons. The highest BCUT2D eigenvalue weighted by Gasteiger charge is 2.36. The Hall–Kier alpha value is -3.68. The van der Waals surface area contributed by atoms with Crippen LogP contribution in [0.1, 0.15) is 35.1 Å². The van der Waals surface area contributed by atoms with Crippen molar-refractivity contribution in [2.45, 2.75) is 50.1 Å². The van der Waals surface area contributed by atoms with Crippen molar-refractivity contribution in [2.24, 2.45) is 0 Å². The van der Waals surface area contributed by atoms with Crippen molar-refractivity contribution in [3.63, 3.8) is 0 Å². The second kappa shape index (κ2) is 14.9. The number of allylic oxidation sites excluding steroid dienone is 6. The van der Waals surface area contributed by atoms with E-state index in [0.29, 0.717) is 35.1 Å². The lowest BCUT2D eigenvalue weighted by Gasteiger charge is -2.28. The Morgan fingerprint density at radius 3 is 1.24 bits per heavy atom. The van der Waals surface area contributed by atoms with Gasteiger partial charge in [-0.25, -0.2) is 0 Å². The van der Waals surface area contributed by atoms with Crippen LogP contribution in [-0.4, -0.2) is 55.1 Å². The number of hydrogen-bond acceptors (Lipinski definition) is 6. The molecule has 0 bridgehead atoms. The molecule has 6 nitrogen and oxygen atoms in total. The zero-order valence-corrected chi connectivity index (χ0v) is 21.6. The fourth-order valence-corrected chi connectivity index (χ4v) is 4.34. The van der Waals surface area contributed by atoms with Gasteiger partial charge < -0.3 is 30.6 Å². The lowest BCUT2D eigenvalue weighted by atomic mass is 9.89. The van der Waals surface area contributed by atoms with Crippen LogP contribution < -0.4 is 0 Å². The summed E-state index contributed by atoms with van der Waals surface area (Å²) in [4.78, 5) is 0. The van der Waals surface area contributed by atoms with Crippen LogP contribution in [0.15, 0.2) is 111 Å². The third-order valence-electron chi connectivity index (χ3n) is 6.29. The van der Waals surface area contributed by atoms with Gasteiger partial charge in [-0.15, -0.1) is 26.3 Å². The average Bonchev–Trinajstić information content (AvgIpc) is 2.93. The summed E-state index contributed by atoms with van der Waals surface area (Å²) in [6.45, 7) is 14.9. The molecular formula is C32H38O6. The quantitative estimate of drug-likeness (QED) is 0.146. The molecule has 2 rings (SSSR count). The van der Waals surface area contributed by atoms with Crippen molar-refractivity contribution < 1.29 is 30.6 Å². The third-order valence-corrected chi connectivity index (χ3v) is 6.29. The van der Waals surface area contributed by atoms with Gasteiger partial charge in [-0.1, -0.05) is 72.8 Å².